The first-order valence-electron chi connectivity index (χ1n) is 17.3. The van der Waals surface area contributed by atoms with E-state index in [0.717, 1.165) is 45.8 Å². The molecule has 8 heteroatoms. The van der Waals surface area contributed by atoms with Crippen LogP contribution in [0.1, 0.15) is 84.3 Å². The van der Waals surface area contributed by atoms with Gasteiger partial charge in [0, 0.05) is 28.6 Å². The molecular formula is C41H43NO6S. The molecule has 1 atom stereocenters. The van der Waals surface area contributed by atoms with Crippen LogP contribution < -0.4 is 5.32 Å². The Hall–Kier alpha value is -4.53. The third-order valence-corrected chi connectivity index (χ3v) is 10.5. The van der Waals surface area contributed by atoms with Gasteiger partial charge in [0.15, 0.2) is 5.78 Å². The highest BCUT2D eigenvalue weighted by Crippen LogP contribution is 2.31. The minimum Gasteiger partial charge on any atom is -0.456 e. The molecule has 7 nitrogen and oxygen atoms in total. The number of Topliss-reactive ketones (excluding diaryl/α,β-unsaturated/α-hetero) is 1. The maximum Gasteiger partial charge on any atom is 0.264 e. The van der Waals surface area contributed by atoms with Gasteiger partial charge in [-0.3, -0.25) is 14.1 Å². The lowest BCUT2D eigenvalue weighted by atomic mass is 9.85. The number of nitrogens with one attached hydrogen (secondary N) is 1. The van der Waals surface area contributed by atoms with Crippen LogP contribution in [0.25, 0.3) is 22.3 Å². The van der Waals surface area contributed by atoms with Crippen LogP contribution >= 0.6 is 0 Å². The summed E-state index contributed by atoms with van der Waals surface area (Å²) in [5.41, 5.74) is 6.00. The van der Waals surface area contributed by atoms with Crippen molar-refractivity contribution in [1.29, 1.82) is 0 Å². The van der Waals surface area contributed by atoms with Crippen molar-refractivity contribution < 1.29 is 27.0 Å². The van der Waals surface area contributed by atoms with E-state index in [0.29, 0.717) is 17.7 Å². The van der Waals surface area contributed by atoms with Crippen molar-refractivity contribution in [3.05, 3.63) is 125 Å². The normalized spacial score (nSPS) is 14.5. The molecule has 0 bridgehead atoms. The summed E-state index contributed by atoms with van der Waals surface area (Å²) in [5.74, 6) is 0.328. The molecule has 0 aliphatic heterocycles. The molecule has 1 fully saturated rings. The summed E-state index contributed by atoms with van der Waals surface area (Å²) < 4.78 is 37.0. The standard InChI is InChI=1S/C41H43NO6S/c43-38(10-6-26-49(45,46)47)33-20-16-31(17-21-33)27-37(32-18-14-30(15-19-32)13-12-29-7-2-1-3-8-29)41(44)42-36-24-22-34(23-25-36)40-28-35-9-4-5-11-39(35)48-40/h4-5,9,11,14-25,28-29,37H,1-3,6-8,10,12-13,26-27H2,(H,42,44)(H,45,46,47). The third kappa shape index (κ3) is 9.55. The van der Waals surface area contributed by atoms with E-state index in [4.69, 9.17) is 8.97 Å². The molecule has 0 saturated heterocycles. The molecule has 1 aromatic heterocycles. The van der Waals surface area contributed by atoms with Crippen molar-refractivity contribution in [2.75, 3.05) is 11.1 Å². The van der Waals surface area contributed by atoms with Crippen LogP contribution in [-0.2, 0) is 27.8 Å². The molecule has 0 radical (unpaired) electrons. The number of hydrogen-bond donors (Lipinski definition) is 2. The van der Waals surface area contributed by atoms with Crippen LogP contribution in [0, 0.1) is 5.92 Å². The van der Waals surface area contributed by atoms with Crippen LogP contribution in [0.3, 0.4) is 0 Å². The molecule has 1 aliphatic rings. The number of anilines is 1. The quantitative estimate of drug-likeness (QED) is 0.0894. The molecule has 1 saturated carbocycles. The molecule has 1 heterocycles. The van der Waals surface area contributed by atoms with Crippen LogP contribution in [0.4, 0.5) is 5.69 Å². The van der Waals surface area contributed by atoms with Crippen LogP contribution in [0.2, 0.25) is 0 Å². The highest BCUT2D eigenvalue weighted by molar-refractivity contribution is 7.85. The largest absolute Gasteiger partial charge is 0.456 e. The van der Waals surface area contributed by atoms with Crippen molar-refractivity contribution in [1.82, 2.24) is 0 Å². The fraction of sp³-hybridized carbons (Fsp3) is 0.317. The number of aryl methyl sites for hydroxylation is 1. The highest BCUT2D eigenvalue weighted by Gasteiger charge is 2.23. The first-order chi connectivity index (χ1) is 23.7. The number of rotatable bonds is 14. The Kier molecular flexibility index (Phi) is 11.1. The van der Waals surface area contributed by atoms with Gasteiger partial charge in [-0.15, -0.1) is 0 Å². The number of furan rings is 1. The minimum atomic E-state index is -4.11. The molecule has 49 heavy (non-hydrogen) atoms. The molecule has 2 N–H and O–H groups in total. The van der Waals surface area contributed by atoms with E-state index in [9.17, 15) is 18.0 Å². The number of amides is 1. The zero-order valence-electron chi connectivity index (χ0n) is 27.6. The van der Waals surface area contributed by atoms with Gasteiger partial charge in [-0.05, 0) is 84.7 Å². The van der Waals surface area contributed by atoms with Crippen molar-refractivity contribution in [2.24, 2.45) is 5.92 Å². The lowest BCUT2D eigenvalue weighted by Gasteiger charge is -2.21. The van der Waals surface area contributed by atoms with E-state index in [1.165, 1.54) is 44.1 Å². The third-order valence-electron chi connectivity index (χ3n) is 9.65. The monoisotopic (exact) mass is 677 g/mol. The average Bonchev–Trinajstić information content (AvgIpc) is 3.55. The topological polar surface area (TPSA) is 114 Å². The van der Waals surface area contributed by atoms with E-state index in [-0.39, 0.29) is 24.5 Å². The van der Waals surface area contributed by atoms with Crippen molar-refractivity contribution in [2.45, 2.75) is 70.1 Å². The van der Waals surface area contributed by atoms with Gasteiger partial charge in [-0.25, -0.2) is 0 Å². The van der Waals surface area contributed by atoms with E-state index in [1.54, 1.807) is 12.1 Å². The maximum absolute atomic E-state index is 13.9. The second-order valence-corrected chi connectivity index (χ2v) is 14.8. The smallest absolute Gasteiger partial charge is 0.264 e. The minimum absolute atomic E-state index is 0.0202. The van der Waals surface area contributed by atoms with Crippen molar-refractivity contribution >= 4 is 38.5 Å². The summed E-state index contributed by atoms with van der Waals surface area (Å²) in [6, 6.07) is 33.1. The second-order valence-electron chi connectivity index (χ2n) is 13.3. The van der Waals surface area contributed by atoms with Gasteiger partial charge in [0.1, 0.15) is 11.3 Å². The molecule has 4 aromatic carbocycles. The summed E-state index contributed by atoms with van der Waals surface area (Å²) in [6.45, 7) is 0. The molecule has 0 spiro atoms. The Morgan fingerprint density at radius 3 is 2.22 bits per heavy atom. The van der Waals surface area contributed by atoms with Crippen LogP contribution in [-0.4, -0.2) is 30.4 Å². The maximum atomic E-state index is 13.9. The Balaban J connectivity index is 1.16. The number of fused-ring (bicyclic) bond motifs is 1. The molecule has 5 aromatic rings. The van der Waals surface area contributed by atoms with E-state index in [1.807, 2.05) is 66.7 Å². The molecular weight excluding hydrogens is 635 g/mol. The molecule has 1 aliphatic carbocycles. The highest BCUT2D eigenvalue weighted by atomic mass is 32.2. The number of carbonyl (C=O) groups is 2. The first kappa shape index (κ1) is 34.3. The van der Waals surface area contributed by atoms with Crippen LogP contribution in [0.5, 0.6) is 0 Å². The predicted octanol–water partition coefficient (Wildman–Crippen LogP) is 9.43. The first-order valence-corrected chi connectivity index (χ1v) is 18.9. The van der Waals surface area contributed by atoms with Gasteiger partial charge in [0.05, 0.1) is 11.7 Å². The van der Waals surface area contributed by atoms with Crippen LogP contribution in [0.15, 0.2) is 108 Å². The van der Waals surface area contributed by atoms with Gasteiger partial charge in [-0.1, -0.05) is 98.8 Å². The summed E-state index contributed by atoms with van der Waals surface area (Å²) in [6.07, 6.45) is 9.44. The fourth-order valence-corrected chi connectivity index (χ4v) is 7.33. The number of para-hydroxylation sites is 1. The summed E-state index contributed by atoms with van der Waals surface area (Å²) in [4.78, 5) is 26.5. The Bertz CT molecular complexity index is 1940. The van der Waals surface area contributed by atoms with E-state index < -0.39 is 21.8 Å². The number of ketones is 1. The van der Waals surface area contributed by atoms with Crippen molar-refractivity contribution in [3.63, 3.8) is 0 Å². The molecule has 254 valence electrons. The van der Waals surface area contributed by atoms with Crippen molar-refractivity contribution in [3.8, 4) is 11.3 Å². The van der Waals surface area contributed by atoms with E-state index in [2.05, 4.69) is 29.6 Å². The Morgan fingerprint density at radius 2 is 1.53 bits per heavy atom. The zero-order valence-corrected chi connectivity index (χ0v) is 28.5. The molecule has 6 rings (SSSR count). The van der Waals surface area contributed by atoms with Gasteiger partial charge < -0.3 is 9.73 Å². The summed E-state index contributed by atoms with van der Waals surface area (Å²) in [5, 5.41) is 4.16. The zero-order chi connectivity index (χ0) is 34.2. The SMILES string of the molecule is O=C(CCCS(=O)(=O)O)c1ccc(CC(C(=O)Nc2ccc(-c3cc4ccccc4o3)cc2)c2ccc(CCC3CCCCC3)cc2)cc1. The fourth-order valence-electron chi connectivity index (χ4n) is 6.82. The predicted molar refractivity (Wildman–Crippen MR) is 194 cm³/mol. The van der Waals surface area contributed by atoms with Gasteiger partial charge in [-0.2, -0.15) is 8.42 Å². The number of hydrogen-bond acceptors (Lipinski definition) is 5. The lowest BCUT2D eigenvalue weighted by molar-refractivity contribution is -0.117. The average molecular weight is 678 g/mol. The van der Waals surface area contributed by atoms with Gasteiger partial charge in [0.25, 0.3) is 10.1 Å². The number of benzene rings is 4. The second kappa shape index (κ2) is 15.8. The Morgan fingerprint density at radius 1 is 0.837 bits per heavy atom. The Labute approximate surface area is 288 Å². The summed E-state index contributed by atoms with van der Waals surface area (Å²) >= 11 is 0. The number of carbonyl (C=O) groups excluding carboxylic acids is 2. The van der Waals surface area contributed by atoms with Gasteiger partial charge in [0.2, 0.25) is 5.91 Å². The lowest BCUT2D eigenvalue weighted by Crippen LogP contribution is -2.23. The summed E-state index contributed by atoms with van der Waals surface area (Å²) in [7, 11) is -4.11. The van der Waals surface area contributed by atoms with Gasteiger partial charge >= 0.3 is 0 Å². The van der Waals surface area contributed by atoms with E-state index >= 15 is 0 Å². The molecule has 1 amide bonds. The molecule has 1 unspecified atom stereocenters.